The average molecular weight is 368 g/mol. The highest BCUT2D eigenvalue weighted by molar-refractivity contribution is 7.98. The van der Waals surface area contributed by atoms with E-state index in [0.717, 1.165) is 0 Å². The number of anilines is 1. The molecule has 0 aliphatic rings. The number of alkyl halides is 3. The Bertz CT molecular complexity index is 955. The summed E-state index contributed by atoms with van der Waals surface area (Å²) in [6.45, 7) is 1.27. The lowest BCUT2D eigenvalue weighted by Crippen LogP contribution is -2.11. The highest BCUT2D eigenvalue weighted by Gasteiger charge is 2.37. The number of nitrogens with zero attached hydrogens (tertiary/aromatic N) is 4. The lowest BCUT2D eigenvalue weighted by Gasteiger charge is -2.12. The summed E-state index contributed by atoms with van der Waals surface area (Å²) in [6.07, 6.45) is -1.59. The van der Waals surface area contributed by atoms with Gasteiger partial charge in [0.2, 0.25) is 5.91 Å². The maximum absolute atomic E-state index is 13.4. The van der Waals surface area contributed by atoms with Crippen molar-refractivity contribution in [2.45, 2.75) is 18.3 Å². The Hall–Kier alpha value is -2.69. The van der Waals surface area contributed by atoms with Crippen LogP contribution in [-0.2, 0) is 11.0 Å². The number of carbonyl (C=O) groups is 1. The normalized spacial score (nSPS) is 11.7. The lowest BCUT2D eigenvalue weighted by molar-refractivity contribution is -0.140. The summed E-state index contributed by atoms with van der Waals surface area (Å²) in [7, 11) is 0. The molecular formula is C14H11F3N6OS. The van der Waals surface area contributed by atoms with Gasteiger partial charge in [-0.25, -0.2) is 15.0 Å². The number of hydrogen-bond acceptors (Lipinski definition) is 6. The van der Waals surface area contributed by atoms with E-state index in [1.165, 1.54) is 37.0 Å². The Morgan fingerprint density at radius 2 is 2.08 bits per heavy atom. The fourth-order valence-corrected chi connectivity index (χ4v) is 2.57. The molecule has 2 N–H and O–H groups in total. The minimum absolute atomic E-state index is 0.0797. The first-order chi connectivity index (χ1) is 11.8. The van der Waals surface area contributed by atoms with Crippen molar-refractivity contribution in [3.63, 3.8) is 0 Å². The van der Waals surface area contributed by atoms with Crippen molar-refractivity contribution in [3.05, 3.63) is 24.0 Å². The molecule has 1 amide bonds. The van der Waals surface area contributed by atoms with E-state index in [1.807, 2.05) is 0 Å². The number of thioether (sulfide) groups is 1. The topological polar surface area (TPSA) is 96.5 Å². The van der Waals surface area contributed by atoms with Gasteiger partial charge in [0.15, 0.2) is 22.3 Å². The fraction of sp³-hybridized carbons (Fsp3) is 0.214. The van der Waals surface area contributed by atoms with Gasteiger partial charge in [0, 0.05) is 18.7 Å². The summed E-state index contributed by atoms with van der Waals surface area (Å²) < 4.78 is 40.3. The largest absolute Gasteiger partial charge is 0.434 e. The second-order valence-electron chi connectivity index (χ2n) is 4.96. The van der Waals surface area contributed by atoms with Crippen molar-refractivity contribution >= 4 is 34.5 Å². The van der Waals surface area contributed by atoms with Gasteiger partial charge in [0.25, 0.3) is 0 Å². The van der Waals surface area contributed by atoms with Gasteiger partial charge in [-0.1, -0.05) is 11.8 Å². The van der Waals surface area contributed by atoms with Gasteiger partial charge in [0.05, 0.1) is 11.1 Å². The van der Waals surface area contributed by atoms with Crippen molar-refractivity contribution in [1.29, 1.82) is 0 Å². The molecule has 0 atom stereocenters. The number of carbonyl (C=O) groups excluding carboxylic acids is 1. The molecule has 0 fully saturated rings. The number of nitrogens with one attached hydrogen (secondary N) is 2. The molecule has 11 heteroatoms. The van der Waals surface area contributed by atoms with Crippen molar-refractivity contribution in [2.75, 3.05) is 11.6 Å². The Kier molecular flexibility index (Phi) is 4.33. The summed E-state index contributed by atoms with van der Waals surface area (Å²) in [5, 5.41) is 9.23. The number of H-pyrrole nitrogens is 1. The summed E-state index contributed by atoms with van der Waals surface area (Å²) in [5.74, 6) is -0.300. The third-order valence-corrected chi connectivity index (χ3v) is 3.77. The van der Waals surface area contributed by atoms with Crippen LogP contribution in [0.15, 0.2) is 23.5 Å². The number of fused-ring (bicyclic) bond motifs is 1. The zero-order valence-corrected chi connectivity index (χ0v) is 13.8. The van der Waals surface area contributed by atoms with Crippen LogP contribution in [0.1, 0.15) is 12.6 Å². The molecule has 0 radical (unpaired) electrons. The molecular weight excluding hydrogens is 357 g/mol. The third kappa shape index (κ3) is 3.40. The van der Waals surface area contributed by atoms with Gasteiger partial charge in [-0.3, -0.25) is 9.89 Å². The highest BCUT2D eigenvalue weighted by atomic mass is 32.2. The predicted octanol–water partition coefficient (Wildman–Crippen LogP) is 3.11. The van der Waals surface area contributed by atoms with Gasteiger partial charge in [-0.05, 0) is 18.4 Å². The van der Waals surface area contributed by atoms with E-state index in [1.54, 1.807) is 6.26 Å². The van der Waals surface area contributed by atoms with Crippen LogP contribution in [0.25, 0.3) is 22.3 Å². The van der Waals surface area contributed by atoms with Crippen LogP contribution in [0.5, 0.6) is 0 Å². The molecule has 0 unspecified atom stereocenters. The SMILES string of the molecule is CSc1nccc(-c2cc3c(NC(C)=O)n[nH]c3nc2C(F)(F)F)n1. The Morgan fingerprint density at radius 1 is 1.32 bits per heavy atom. The monoisotopic (exact) mass is 368 g/mol. The number of amides is 1. The number of aromatic nitrogens is 5. The second kappa shape index (κ2) is 6.31. The first kappa shape index (κ1) is 17.1. The van der Waals surface area contributed by atoms with Crippen LogP contribution in [0.4, 0.5) is 19.0 Å². The summed E-state index contributed by atoms with van der Waals surface area (Å²) in [4.78, 5) is 22.9. The van der Waals surface area contributed by atoms with Crippen LogP contribution < -0.4 is 5.32 Å². The molecule has 0 aliphatic carbocycles. The number of rotatable bonds is 3. The fourth-order valence-electron chi connectivity index (χ4n) is 2.21. The molecule has 3 heterocycles. The minimum Gasteiger partial charge on any atom is -0.309 e. The summed E-state index contributed by atoms with van der Waals surface area (Å²) in [6, 6.07) is 2.63. The van der Waals surface area contributed by atoms with E-state index in [9.17, 15) is 18.0 Å². The smallest absolute Gasteiger partial charge is 0.309 e. The van der Waals surface area contributed by atoms with Crippen LogP contribution in [-0.4, -0.2) is 37.3 Å². The van der Waals surface area contributed by atoms with Gasteiger partial charge in [0.1, 0.15) is 0 Å². The molecule has 130 valence electrons. The van der Waals surface area contributed by atoms with Gasteiger partial charge in [-0.15, -0.1) is 0 Å². The van der Waals surface area contributed by atoms with E-state index in [4.69, 9.17) is 0 Å². The van der Waals surface area contributed by atoms with E-state index < -0.39 is 17.8 Å². The molecule has 0 spiro atoms. The number of halogens is 3. The van der Waals surface area contributed by atoms with E-state index >= 15 is 0 Å². The maximum atomic E-state index is 13.4. The molecule has 0 saturated heterocycles. The summed E-state index contributed by atoms with van der Waals surface area (Å²) in [5.41, 5.74) is -1.32. The Balaban J connectivity index is 2.27. The van der Waals surface area contributed by atoms with Gasteiger partial charge in [-0.2, -0.15) is 18.3 Å². The number of pyridine rings is 1. The van der Waals surface area contributed by atoms with Crippen LogP contribution >= 0.6 is 11.8 Å². The molecule has 3 aromatic rings. The van der Waals surface area contributed by atoms with Crippen LogP contribution in [0.3, 0.4) is 0 Å². The average Bonchev–Trinajstić information content (AvgIpc) is 2.94. The minimum atomic E-state index is -4.69. The van der Waals surface area contributed by atoms with E-state index in [2.05, 4.69) is 30.5 Å². The molecule has 3 rings (SSSR count). The Labute approximate surface area is 143 Å². The maximum Gasteiger partial charge on any atom is 0.434 e. The molecule has 0 aromatic carbocycles. The van der Waals surface area contributed by atoms with Crippen LogP contribution in [0, 0.1) is 0 Å². The standard InChI is InChI=1S/C14H11F3N6OS/c1-6(24)19-11-8-5-7(9-3-4-18-13(20-9)25-2)10(14(15,16)17)21-12(8)23-22-11/h3-5H,1-2H3,(H2,19,21,22,23,24). The molecule has 25 heavy (non-hydrogen) atoms. The molecule has 0 aliphatic heterocycles. The first-order valence-electron chi connectivity index (χ1n) is 6.91. The molecule has 7 nitrogen and oxygen atoms in total. The van der Waals surface area contributed by atoms with Crippen molar-refractivity contribution in [3.8, 4) is 11.3 Å². The summed E-state index contributed by atoms with van der Waals surface area (Å²) >= 11 is 1.21. The Morgan fingerprint density at radius 3 is 2.72 bits per heavy atom. The van der Waals surface area contributed by atoms with E-state index in [-0.39, 0.29) is 28.1 Å². The molecule has 0 saturated carbocycles. The quantitative estimate of drug-likeness (QED) is 0.545. The number of aromatic amines is 1. The van der Waals surface area contributed by atoms with Gasteiger partial charge < -0.3 is 5.32 Å². The molecule has 0 bridgehead atoms. The van der Waals surface area contributed by atoms with E-state index in [0.29, 0.717) is 5.16 Å². The predicted molar refractivity (Wildman–Crippen MR) is 86.0 cm³/mol. The first-order valence-corrected chi connectivity index (χ1v) is 8.13. The molecule has 3 aromatic heterocycles. The van der Waals surface area contributed by atoms with Crippen molar-refractivity contribution in [1.82, 2.24) is 25.1 Å². The lowest BCUT2D eigenvalue weighted by atomic mass is 10.1. The second-order valence-corrected chi connectivity index (χ2v) is 5.73. The van der Waals surface area contributed by atoms with Gasteiger partial charge >= 0.3 is 6.18 Å². The highest BCUT2D eigenvalue weighted by Crippen LogP contribution is 2.38. The van der Waals surface area contributed by atoms with Crippen molar-refractivity contribution in [2.24, 2.45) is 0 Å². The van der Waals surface area contributed by atoms with Crippen molar-refractivity contribution < 1.29 is 18.0 Å². The third-order valence-electron chi connectivity index (χ3n) is 3.21. The zero-order chi connectivity index (χ0) is 18.2. The number of hydrogen-bond donors (Lipinski definition) is 2. The van der Waals surface area contributed by atoms with Crippen LogP contribution in [0.2, 0.25) is 0 Å². The zero-order valence-electron chi connectivity index (χ0n) is 13.0.